The molecule has 0 bridgehead atoms. The molecule has 1 fully saturated rings. The van der Waals surface area contributed by atoms with Crippen molar-refractivity contribution >= 4 is 0 Å². The molecule has 1 aromatic carbocycles. The molecule has 1 saturated heterocycles. The highest BCUT2D eigenvalue weighted by Crippen LogP contribution is 2.27. The zero-order valence-electron chi connectivity index (χ0n) is 14.6. The minimum Gasteiger partial charge on any atom is -0.497 e. The third-order valence-corrected chi connectivity index (χ3v) is 4.39. The Bertz CT molecular complexity index is 635. The lowest BCUT2D eigenvalue weighted by molar-refractivity contribution is 0.00235. The smallest absolute Gasteiger partial charge is 0.169 e. The Morgan fingerprint density at radius 1 is 1.17 bits per heavy atom. The van der Waals surface area contributed by atoms with Gasteiger partial charge in [0, 0.05) is 13.1 Å². The maximum atomic E-state index is 5.48. The molecule has 130 valence electrons. The Kier molecular flexibility index (Phi) is 5.42. The third kappa shape index (κ3) is 3.73. The fourth-order valence-corrected chi connectivity index (χ4v) is 3.18. The number of hydrogen-bond acceptors (Lipinski definition) is 6. The van der Waals surface area contributed by atoms with Gasteiger partial charge in [0.1, 0.15) is 5.75 Å². The average Bonchev–Trinajstić information content (AvgIpc) is 3.04. The van der Waals surface area contributed by atoms with Crippen LogP contribution >= 0.6 is 0 Å². The molecule has 0 aliphatic carbocycles. The summed E-state index contributed by atoms with van der Waals surface area (Å²) in [5, 5.41) is 12.5. The van der Waals surface area contributed by atoms with Crippen molar-refractivity contribution in [2.24, 2.45) is 5.92 Å². The van der Waals surface area contributed by atoms with Crippen LogP contribution in [0.25, 0.3) is 0 Å². The Balaban J connectivity index is 1.81. The van der Waals surface area contributed by atoms with Gasteiger partial charge in [0.05, 0.1) is 32.9 Å². The summed E-state index contributed by atoms with van der Waals surface area (Å²) in [5.41, 5.74) is 1.15. The van der Waals surface area contributed by atoms with Crippen molar-refractivity contribution in [3.63, 3.8) is 0 Å². The number of morpholine rings is 1. The van der Waals surface area contributed by atoms with Gasteiger partial charge in [-0.1, -0.05) is 26.0 Å². The molecule has 1 aromatic heterocycles. The number of benzene rings is 1. The number of ether oxygens (including phenoxy) is 2. The van der Waals surface area contributed by atoms with Gasteiger partial charge in [0.15, 0.2) is 5.82 Å². The van der Waals surface area contributed by atoms with Crippen LogP contribution in [0.4, 0.5) is 0 Å². The molecular formula is C17H25N5O2. The molecule has 7 nitrogen and oxygen atoms in total. The van der Waals surface area contributed by atoms with Crippen LogP contribution in [0.15, 0.2) is 24.3 Å². The summed E-state index contributed by atoms with van der Waals surface area (Å²) in [5.74, 6) is 2.19. The molecule has 0 radical (unpaired) electrons. The Hall–Kier alpha value is -1.99. The molecule has 24 heavy (non-hydrogen) atoms. The summed E-state index contributed by atoms with van der Waals surface area (Å²) in [6.07, 6.45) is 0. The lowest BCUT2D eigenvalue weighted by Gasteiger charge is -2.35. The molecule has 0 saturated carbocycles. The predicted octanol–water partition coefficient (Wildman–Crippen LogP) is 1.76. The summed E-state index contributed by atoms with van der Waals surface area (Å²) in [6.45, 7) is 8.45. The number of tetrazole rings is 1. The molecule has 1 aliphatic rings. The number of rotatable bonds is 6. The fourth-order valence-electron chi connectivity index (χ4n) is 3.18. The first-order valence-electron chi connectivity index (χ1n) is 8.40. The van der Waals surface area contributed by atoms with Gasteiger partial charge in [-0.05, 0) is 34.0 Å². The number of methoxy groups -OCH3 is 1. The van der Waals surface area contributed by atoms with Crippen molar-refractivity contribution in [2.75, 3.05) is 33.4 Å². The van der Waals surface area contributed by atoms with E-state index in [-0.39, 0.29) is 6.04 Å². The van der Waals surface area contributed by atoms with E-state index in [0.717, 1.165) is 43.4 Å². The van der Waals surface area contributed by atoms with Gasteiger partial charge in [0.2, 0.25) is 0 Å². The van der Waals surface area contributed by atoms with E-state index >= 15 is 0 Å². The van der Waals surface area contributed by atoms with Crippen molar-refractivity contribution in [1.29, 1.82) is 0 Å². The van der Waals surface area contributed by atoms with E-state index in [4.69, 9.17) is 9.47 Å². The topological polar surface area (TPSA) is 65.3 Å². The number of hydrogen-bond donors (Lipinski definition) is 0. The largest absolute Gasteiger partial charge is 0.497 e. The quantitative estimate of drug-likeness (QED) is 0.804. The SMILES string of the molecule is COc1ccc(Cn2nnnc2C(C(C)C)N2CCOCC2)cc1. The first-order chi connectivity index (χ1) is 11.7. The predicted molar refractivity (Wildman–Crippen MR) is 89.9 cm³/mol. The molecule has 2 aromatic rings. The van der Waals surface area contributed by atoms with Gasteiger partial charge < -0.3 is 9.47 Å². The van der Waals surface area contributed by atoms with Crippen LogP contribution in [-0.2, 0) is 11.3 Å². The molecular weight excluding hydrogens is 306 g/mol. The zero-order chi connectivity index (χ0) is 16.9. The Labute approximate surface area is 142 Å². The molecule has 7 heteroatoms. The number of nitrogens with zero attached hydrogens (tertiary/aromatic N) is 5. The van der Waals surface area contributed by atoms with Gasteiger partial charge in [-0.25, -0.2) is 4.68 Å². The van der Waals surface area contributed by atoms with Crippen LogP contribution in [0.5, 0.6) is 5.75 Å². The molecule has 0 N–H and O–H groups in total. The lowest BCUT2D eigenvalue weighted by atomic mass is 10.0. The second-order valence-corrected chi connectivity index (χ2v) is 6.38. The molecule has 0 amide bonds. The molecule has 1 unspecified atom stereocenters. The fraction of sp³-hybridized carbons (Fsp3) is 0.588. The first-order valence-corrected chi connectivity index (χ1v) is 8.40. The Morgan fingerprint density at radius 3 is 2.50 bits per heavy atom. The van der Waals surface area contributed by atoms with Crippen molar-refractivity contribution < 1.29 is 9.47 Å². The summed E-state index contributed by atoms with van der Waals surface area (Å²) >= 11 is 0. The standard InChI is InChI=1S/C17H25N5O2/c1-13(2)16(21-8-10-24-11-9-21)17-18-19-20-22(17)12-14-4-6-15(23-3)7-5-14/h4-7,13,16H,8-12H2,1-3H3. The second-order valence-electron chi connectivity index (χ2n) is 6.38. The van der Waals surface area contributed by atoms with E-state index in [1.165, 1.54) is 0 Å². The molecule has 2 heterocycles. The van der Waals surface area contributed by atoms with Gasteiger partial charge in [0.25, 0.3) is 0 Å². The summed E-state index contributed by atoms with van der Waals surface area (Å²) in [4.78, 5) is 2.42. The van der Waals surface area contributed by atoms with Crippen LogP contribution < -0.4 is 4.74 Å². The van der Waals surface area contributed by atoms with E-state index in [2.05, 4.69) is 34.3 Å². The van der Waals surface area contributed by atoms with Gasteiger partial charge in [-0.15, -0.1) is 5.10 Å². The minimum atomic E-state index is 0.196. The minimum absolute atomic E-state index is 0.196. The normalized spacial score (nSPS) is 17.2. The third-order valence-electron chi connectivity index (χ3n) is 4.39. The first kappa shape index (κ1) is 16.9. The summed E-state index contributed by atoms with van der Waals surface area (Å²) in [7, 11) is 1.67. The molecule has 1 aliphatic heterocycles. The molecule has 3 rings (SSSR count). The van der Waals surface area contributed by atoms with Crippen molar-refractivity contribution in [3.05, 3.63) is 35.7 Å². The lowest BCUT2D eigenvalue weighted by Crippen LogP contribution is -2.42. The van der Waals surface area contributed by atoms with Gasteiger partial charge in [-0.3, -0.25) is 4.90 Å². The highest BCUT2D eigenvalue weighted by molar-refractivity contribution is 5.27. The van der Waals surface area contributed by atoms with Gasteiger partial charge in [-0.2, -0.15) is 0 Å². The van der Waals surface area contributed by atoms with Crippen LogP contribution in [0.2, 0.25) is 0 Å². The maximum absolute atomic E-state index is 5.48. The van der Waals surface area contributed by atoms with E-state index in [9.17, 15) is 0 Å². The van der Waals surface area contributed by atoms with Crippen LogP contribution in [0.1, 0.15) is 31.3 Å². The summed E-state index contributed by atoms with van der Waals surface area (Å²) in [6, 6.07) is 8.21. The summed E-state index contributed by atoms with van der Waals surface area (Å²) < 4.78 is 12.6. The van der Waals surface area contributed by atoms with E-state index in [1.807, 2.05) is 28.9 Å². The monoisotopic (exact) mass is 331 g/mol. The average molecular weight is 331 g/mol. The maximum Gasteiger partial charge on any atom is 0.169 e. The Morgan fingerprint density at radius 2 is 1.88 bits per heavy atom. The highest BCUT2D eigenvalue weighted by atomic mass is 16.5. The second kappa shape index (κ2) is 7.72. The van der Waals surface area contributed by atoms with Gasteiger partial charge >= 0.3 is 0 Å². The highest BCUT2D eigenvalue weighted by Gasteiger charge is 2.30. The van der Waals surface area contributed by atoms with Crippen molar-refractivity contribution in [1.82, 2.24) is 25.1 Å². The van der Waals surface area contributed by atoms with Crippen molar-refractivity contribution in [2.45, 2.75) is 26.4 Å². The molecule has 1 atom stereocenters. The van der Waals surface area contributed by atoms with E-state index < -0.39 is 0 Å². The van der Waals surface area contributed by atoms with Crippen LogP contribution in [0.3, 0.4) is 0 Å². The van der Waals surface area contributed by atoms with Crippen molar-refractivity contribution in [3.8, 4) is 5.75 Å². The number of aromatic nitrogens is 4. The van der Waals surface area contributed by atoms with Crippen LogP contribution in [0, 0.1) is 5.92 Å². The van der Waals surface area contributed by atoms with E-state index in [0.29, 0.717) is 12.5 Å². The van der Waals surface area contributed by atoms with E-state index in [1.54, 1.807) is 7.11 Å². The zero-order valence-corrected chi connectivity index (χ0v) is 14.6. The molecule has 0 spiro atoms. The van der Waals surface area contributed by atoms with Crippen LogP contribution in [-0.4, -0.2) is 58.5 Å².